The van der Waals surface area contributed by atoms with Crippen LogP contribution in [0.15, 0.2) is 21.9 Å². The van der Waals surface area contributed by atoms with E-state index >= 15 is 0 Å². The van der Waals surface area contributed by atoms with Crippen molar-refractivity contribution in [1.82, 2.24) is 9.55 Å². The Hall–Kier alpha value is -0.660. The zero-order valence-electron chi connectivity index (χ0n) is 16.8. The Labute approximate surface area is 177 Å². The van der Waals surface area contributed by atoms with Crippen molar-refractivity contribution < 1.29 is 42.0 Å². The van der Waals surface area contributed by atoms with Crippen LogP contribution >= 0.6 is 26.0 Å². The Morgan fingerprint density at radius 2 is 1.90 bits per heavy atom. The van der Waals surface area contributed by atoms with E-state index in [4.69, 9.17) is 23.0 Å². The number of H-pyrrole nitrogens is 1. The van der Waals surface area contributed by atoms with Gasteiger partial charge in [0.25, 0.3) is 5.56 Å². The number of phosphoric ester groups is 1. The lowest BCUT2D eigenvalue weighted by Crippen LogP contribution is -2.52. The second kappa shape index (κ2) is 9.45. The smallest absolute Gasteiger partial charge is 0.374 e. The molecule has 0 aliphatic carbocycles. The molecule has 18 heteroatoms. The van der Waals surface area contributed by atoms with Gasteiger partial charge >= 0.3 is 20.3 Å². The number of aromatic nitrogens is 2. The molecule has 3 N–H and O–H groups in total. The minimum Gasteiger partial charge on any atom is -0.374 e. The largest absolute Gasteiger partial charge is 0.468 e. The molecule has 13 nitrogen and oxygen atoms in total. The van der Waals surface area contributed by atoms with Gasteiger partial charge in [-0.15, -0.1) is 0 Å². The van der Waals surface area contributed by atoms with Gasteiger partial charge in [0.15, 0.2) is 6.23 Å². The third kappa shape index (κ3) is 5.77. The zero-order valence-corrected chi connectivity index (χ0v) is 19.4. The Balaban J connectivity index is 2.56. The average Bonchev–Trinajstić information content (AvgIpc) is 2.98. The lowest BCUT2D eigenvalue weighted by atomic mass is 9.61. The lowest BCUT2D eigenvalue weighted by Gasteiger charge is -2.35. The fourth-order valence-corrected chi connectivity index (χ4v) is 5.65. The molecule has 0 aromatic carbocycles. The van der Waals surface area contributed by atoms with Gasteiger partial charge in [0, 0.05) is 31.9 Å². The van der Waals surface area contributed by atoms with Crippen LogP contribution in [0.3, 0.4) is 0 Å². The van der Waals surface area contributed by atoms with Gasteiger partial charge in [0.1, 0.15) is 34.0 Å². The van der Waals surface area contributed by atoms with Gasteiger partial charge in [-0.1, -0.05) is 0 Å². The molecule has 0 amide bonds. The van der Waals surface area contributed by atoms with E-state index in [2.05, 4.69) is 4.98 Å². The van der Waals surface area contributed by atoms with Crippen molar-refractivity contribution in [2.24, 2.45) is 0 Å². The van der Waals surface area contributed by atoms with Gasteiger partial charge in [-0.05, 0) is 17.6 Å². The molecule has 1 fully saturated rings. The fourth-order valence-electron chi connectivity index (χ4n) is 3.08. The van der Waals surface area contributed by atoms with E-state index in [1.165, 1.54) is 42.4 Å². The number of hydrogen-bond donors (Lipinski definition) is 3. The molecule has 0 spiro atoms. The number of ether oxygens (including phenoxy) is 2. The van der Waals surface area contributed by atoms with Crippen molar-refractivity contribution >= 4 is 41.7 Å². The SMILES string of the molecule is BC(B)(OP(=O)(O)O)C1OC(n2ccc(=O)[nH]c2=O)C(OC)C1OP(=O)(OC)SC. The minimum absolute atomic E-state index is 0.635. The van der Waals surface area contributed by atoms with Crippen molar-refractivity contribution in [3.63, 3.8) is 0 Å². The van der Waals surface area contributed by atoms with E-state index in [0.717, 1.165) is 22.0 Å². The van der Waals surface area contributed by atoms with Crippen molar-refractivity contribution in [1.29, 1.82) is 0 Å². The van der Waals surface area contributed by atoms with Crippen LogP contribution in [0, 0.1) is 0 Å². The highest BCUT2D eigenvalue weighted by Crippen LogP contribution is 2.61. The molecule has 168 valence electrons. The van der Waals surface area contributed by atoms with Gasteiger partial charge in [-0.3, -0.25) is 23.4 Å². The molecular formula is C12H22B2N2O11P2S. The van der Waals surface area contributed by atoms with Gasteiger partial charge in [0.05, 0.1) is 0 Å². The summed E-state index contributed by atoms with van der Waals surface area (Å²) in [5.74, 6) is 0. The van der Waals surface area contributed by atoms with Gasteiger partial charge in [0.2, 0.25) is 0 Å². The average molecular weight is 486 g/mol. The maximum atomic E-state index is 12.8. The summed E-state index contributed by atoms with van der Waals surface area (Å²) in [6.07, 6.45) is -2.15. The van der Waals surface area contributed by atoms with E-state index < -0.39 is 55.8 Å². The zero-order chi connectivity index (χ0) is 22.9. The highest BCUT2D eigenvalue weighted by Gasteiger charge is 2.56. The third-order valence-electron chi connectivity index (χ3n) is 4.32. The number of methoxy groups -OCH3 is 1. The number of hydrogen-bond acceptors (Lipinski definition) is 10. The molecule has 2 rings (SSSR count). The van der Waals surface area contributed by atoms with Crippen LogP contribution in [0.25, 0.3) is 0 Å². The summed E-state index contributed by atoms with van der Waals surface area (Å²) in [6, 6.07) is 1.08. The summed E-state index contributed by atoms with van der Waals surface area (Å²) in [6.45, 7) is -3.71. The van der Waals surface area contributed by atoms with Crippen LogP contribution in [-0.4, -0.2) is 79.2 Å². The molecule has 1 saturated heterocycles. The Kier molecular flexibility index (Phi) is 8.07. The second-order valence-electron chi connectivity index (χ2n) is 6.73. The Morgan fingerprint density at radius 3 is 2.37 bits per heavy atom. The lowest BCUT2D eigenvalue weighted by molar-refractivity contribution is -0.0772. The number of nitrogens with one attached hydrogen (secondary N) is 1. The fraction of sp³-hybridized carbons (Fsp3) is 0.667. The van der Waals surface area contributed by atoms with Crippen molar-refractivity contribution in [3.05, 3.63) is 33.1 Å². The summed E-state index contributed by atoms with van der Waals surface area (Å²) >= 11 is 0.789. The molecule has 1 aromatic heterocycles. The van der Waals surface area contributed by atoms with E-state index in [0.29, 0.717) is 0 Å². The molecule has 0 bridgehead atoms. The van der Waals surface area contributed by atoms with Crippen molar-refractivity contribution in [2.45, 2.75) is 29.9 Å². The number of phosphoric acid groups is 1. The van der Waals surface area contributed by atoms with Crippen molar-refractivity contribution in [2.75, 3.05) is 20.5 Å². The topological polar surface area (TPSA) is 176 Å². The van der Waals surface area contributed by atoms with Crippen LogP contribution in [-0.2, 0) is 32.2 Å². The molecule has 2 heterocycles. The first-order valence-electron chi connectivity index (χ1n) is 8.43. The number of nitrogens with zero attached hydrogens (tertiary/aromatic N) is 1. The summed E-state index contributed by atoms with van der Waals surface area (Å²) in [7, 11) is 0.145. The highest BCUT2D eigenvalue weighted by molar-refractivity contribution is 8.54. The summed E-state index contributed by atoms with van der Waals surface area (Å²) in [5, 5.41) is -1.68. The standard InChI is InChI=1S/C12H22B2N2O11P2S/c1-23-8-7(26-29(22,24-2)30-3)9(12(13,14)27-28(19,20)21)25-10(8)16-5-4-6(17)15-11(16)18/h4-5,7-10H,13-14H2,1-3H3,(H,15,17,18)(H2,19,20,21). The summed E-state index contributed by atoms with van der Waals surface area (Å²) in [4.78, 5) is 44.3. The van der Waals surface area contributed by atoms with Crippen LogP contribution in [0.1, 0.15) is 6.23 Å². The number of aromatic amines is 1. The Bertz CT molecular complexity index is 958. The first kappa shape index (κ1) is 25.6. The van der Waals surface area contributed by atoms with Crippen LogP contribution in [0.2, 0.25) is 0 Å². The van der Waals surface area contributed by atoms with Crippen LogP contribution in [0.5, 0.6) is 0 Å². The monoisotopic (exact) mass is 486 g/mol. The predicted molar refractivity (Wildman–Crippen MR) is 112 cm³/mol. The maximum Gasteiger partial charge on any atom is 0.468 e. The van der Waals surface area contributed by atoms with Crippen molar-refractivity contribution in [3.8, 4) is 0 Å². The molecule has 5 unspecified atom stereocenters. The quantitative estimate of drug-likeness (QED) is 0.259. The molecule has 5 atom stereocenters. The van der Waals surface area contributed by atoms with Crippen LogP contribution in [0.4, 0.5) is 0 Å². The molecule has 1 aliphatic rings. The van der Waals surface area contributed by atoms with E-state index in [1.807, 2.05) is 0 Å². The minimum atomic E-state index is -4.97. The van der Waals surface area contributed by atoms with E-state index in [1.54, 1.807) is 0 Å². The summed E-state index contributed by atoms with van der Waals surface area (Å²) in [5.41, 5.74) is -1.45. The van der Waals surface area contributed by atoms with E-state index in [-0.39, 0.29) is 0 Å². The first-order valence-corrected chi connectivity index (χ1v) is 13.3. The van der Waals surface area contributed by atoms with Gasteiger partial charge < -0.3 is 23.8 Å². The van der Waals surface area contributed by atoms with Gasteiger partial charge in [-0.25, -0.2) is 13.9 Å². The first-order chi connectivity index (χ1) is 13.8. The Morgan fingerprint density at radius 1 is 1.27 bits per heavy atom. The number of rotatable bonds is 9. The van der Waals surface area contributed by atoms with E-state index in [9.17, 15) is 28.5 Å². The van der Waals surface area contributed by atoms with Gasteiger partial charge in [-0.2, -0.15) is 0 Å². The predicted octanol–water partition coefficient (Wildman–Crippen LogP) is -2.02. The molecule has 0 radical (unpaired) electrons. The maximum absolute atomic E-state index is 12.8. The third-order valence-corrected chi connectivity index (χ3v) is 8.48. The molecule has 1 aliphatic heterocycles. The molecular weight excluding hydrogens is 464 g/mol. The normalized spacial score (nSPS) is 27.1. The second-order valence-corrected chi connectivity index (χ2v) is 12.2. The highest BCUT2D eigenvalue weighted by atomic mass is 32.7. The molecule has 1 aromatic rings. The molecule has 0 saturated carbocycles. The molecule has 30 heavy (non-hydrogen) atoms. The summed E-state index contributed by atoms with van der Waals surface area (Å²) < 4.78 is 52.0. The van der Waals surface area contributed by atoms with Crippen LogP contribution < -0.4 is 11.2 Å².